The fourth-order valence-electron chi connectivity index (χ4n) is 7.80. The third-order valence-corrected chi connectivity index (χ3v) is 11.8. The van der Waals surface area contributed by atoms with Crippen LogP contribution in [0.1, 0.15) is 140 Å². The van der Waals surface area contributed by atoms with Crippen LogP contribution < -0.4 is 5.73 Å². The molecule has 3 aromatic rings. The van der Waals surface area contributed by atoms with E-state index in [1.807, 2.05) is 6.07 Å². The summed E-state index contributed by atoms with van der Waals surface area (Å²) in [5.41, 5.74) is 5.73. The molecular weight excluding hydrogens is 804 g/mol. The minimum atomic E-state index is -4.82. The summed E-state index contributed by atoms with van der Waals surface area (Å²) in [6, 6.07) is 11.3. The summed E-state index contributed by atoms with van der Waals surface area (Å²) in [4.78, 5) is 14.9. The Hall–Kier alpha value is -3.64. The SMILES string of the molecule is CC1(C)O[C@H]2[C@H](c3ccc4c(N)ncnn34)O[C@](C#N)(COP(=O)(O)OC[C@@H](CCCCCCCCCCCCCCCCC(F)F)OCc3cc(F)cc(C#N)c3)[C@H]2O1. The summed E-state index contributed by atoms with van der Waals surface area (Å²) < 4.78 is 89.0. The highest BCUT2D eigenvalue weighted by Gasteiger charge is 2.65. The quantitative estimate of drug-likeness (QED) is 0.0544. The number of anilines is 1. The number of nitriles is 2. The molecule has 1 unspecified atom stereocenters. The second-order valence-electron chi connectivity index (χ2n) is 16.1. The highest BCUT2D eigenvalue weighted by atomic mass is 31.2. The van der Waals surface area contributed by atoms with Crippen LogP contribution in [0.2, 0.25) is 0 Å². The Bertz CT molecular complexity index is 1960. The number of phosphoric acid groups is 1. The highest BCUT2D eigenvalue weighted by Crippen LogP contribution is 2.52. The van der Waals surface area contributed by atoms with Crippen molar-refractivity contribution in [2.24, 2.45) is 0 Å². The lowest BCUT2D eigenvalue weighted by Crippen LogP contribution is -2.45. The molecule has 330 valence electrons. The number of nitrogens with two attached hydrogens (primary N) is 1. The van der Waals surface area contributed by atoms with Gasteiger partial charge < -0.3 is 29.6 Å². The highest BCUT2D eigenvalue weighted by molar-refractivity contribution is 7.47. The molecule has 0 saturated carbocycles. The summed E-state index contributed by atoms with van der Waals surface area (Å²) in [7, 11) is -4.82. The predicted octanol–water partition coefficient (Wildman–Crippen LogP) is 9.40. The van der Waals surface area contributed by atoms with Gasteiger partial charge in [-0.25, -0.2) is 27.2 Å². The minimum absolute atomic E-state index is 0.00641. The van der Waals surface area contributed by atoms with E-state index in [4.69, 9.17) is 33.7 Å². The number of fused-ring (bicyclic) bond motifs is 2. The Morgan fingerprint density at radius 1 is 0.917 bits per heavy atom. The van der Waals surface area contributed by atoms with Crippen molar-refractivity contribution >= 4 is 19.2 Å². The number of nitrogen functional groups attached to an aromatic ring is 1. The molecule has 60 heavy (non-hydrogen) atoms. The molecule has 3 N–H and O–H groups in total. The third-order valence-electron chi connectivity index (χ3n) is 10.9. The largest absolute Gasteiger partial charge is 0.472 e. The van der Waals surface area contributed by atoms with Crippen LogP contribution in [0.3, 0.4) is 0 Å². The van der Waals surface area contributed by atoms with Crippen molar-refractivity contribution in [1.29, 1.82) is 10.5 Å². The number of alkyl halides is 2. The van der Waals surface area contributed by atoms with E-state index in [1.165, 1.54) is 42.2 Å². The van der Waals surface area contributed by atoms with Gasteiger partial charge in [-0.15, -0.1) is 0 Å². The molecule has 2 saturated heterocycles. The average Bonchev–Trinajstić information content (AvgIpc) is 3.87. The van der Waals surface area contributed by atoms with E-state index >= 15 is 0 Å². The maximum atomic E-state index is 14.2. The normalized spacial score (nSPS) is 22.4. The van der Waals surface area contributed by atoms with E-state index in [9.17, 15) is 33.2 Å². The van der Waals surface area contributed by atoms with Gasteiger partial charge in [0.2, 0.25) is 12.0 Å². The van der Waals surface area contributed by atoms with E-state index in [2.05, 4.69) is 16.2 Å². The van der Waals surface area contributed by atoms with Gasteiger partial charge in [0.1, 0.15) is 48.6 Å². The van der Waals surface area contributed by atoms with Crippen LogP contribution in [0, 0.1) is 28.5 Å². The molecule has 2 aliphatic rings. The summed E-state index contributed by atoms with van der Waals surface area (Å²) in [5.74, 6) is -1.47. The van der Waals surface area contributed by atoms with E-state index in [0.717, 1.165) is 70.3 Å². The topological polar surface area (TPSA) is 196 Å². The summed E-state index contributed by atoms with van der Waals surface area (Å²) in [6.07, 6.45) is 10.4. The van der Waals surface area contributed by atoms with E-state index in [0.29, 0.717) is 29.6 Å². The summed E-state index contributed by atoms with van der Waals surface area (Å²) in [6.45, 7) is 2.26. The first kappa shape index (κ1) is 47.4. The zero-order valence-electron chi connectivity index (χ0n) is 34.5. The Morgan fingerprint density at radius 3 is 2.17 bits per heavy atom. The number of phosphoric ester groups is 1. The average molecular weight is 863 g/mol. The third kappa shape index (κ3) is 13.7. The van der Waals surface area contributed by atoms with Crippen molar-refractivity contribution in [1.82, 2.24) is 14.6 Å². The van der Waals surface area contributed by atoms with Crippen LogP contribution in [-0.2, 0) is 39.2 Å². The van der Waals surface area contributed by atoms with Gasteiger partial charge >= 0.3 is 7.82 Å². The van der Waals surface area contributed by atoms with Crippen LogP contribution in [-0.4, -0.2) is 68.8 Å². The van der Waals surface area contributed by atoms with Gasteiger partial charge in [0, 0.05) is 6.42 Å². The first-order valence-corrected chi connectivity index (χ1v) is 22.5. The molecule has 0 amide bonds. The van der Waals surface area contributed by atoms with Gasteiger partial charge in [0.25, 0.3) is 0 Å². The lowest BCUT2D eigenvalue weighted by Gasteiger charge is -2.29. The zero-order valence-corrected chi connectivity index (χ0v) is 35.4. The van der Waals surface area contributed by atoms with Crippen molar-refractivity contribution < 1.29 is 50.6 Å². The molecule has 5 rings (SSSR count). The van der Waals surface area contributed by atoms with Gasteiger partial charge in [-0.3, -0.25) is 9.05 Å². The van der Waals surface area contributed by atoms with Crippen molar-refractivity contribution in [3.8, 4) is 12.1 Å². The fourth-order valence-corrected chi connectivity index (χ4v) is 8.58. The number of benzene rings is 1. The number of hydrogen-bond donors (Lipinski definition) is 2. The number of halogens is 3. The number of ether oxygens (including phenoxy) is 4. The monoisotopic (exact) mass is 862 g/mol. The van der Waals surface area contributed by atoms with Gasteiger partial charge in [0.05, 0.1) is 36.6 Å². The van der Waals surface area contributed by atoms with Crippen molar-refractivity contribution in [2.75, 3.05) is 18.9 Å². The standard InChI is InChI=1S/C42H58F3N6O8P/c1-41(2)57-38-37(34-19-20-35-40(48)49-29-50-51(34)35)58-42(27-47,39(38)59-41)28-56-60(52,53)55-26-33(54-25-31-21-30(24-46)22-32(43)23-31)17-15-13-11-9-7-5-3-4-6-8-10-12-14-16-18-36(44)45/h19-23,29,33,36-39H,3-18,25-26,28H2,1-2H3,(H,52,53)(H2,48,49,50)/t33-,37+,38+,39+,42-/m1/s1. The van der Waals surface area contributed by atoms with Gasteiger partial charge in [0.15, 0.2) is 11.6 Å². The minimum Gasteiger partial charge on any atom is -0.382 e. The molecular formula is C42H58F3N6O8P. The predicted molar refractivity (Wildman–Crippen MR) is 215 cm³/mol. The fraction of sp³-hybridized carbons (Fsp3) is 0.667. The first-order chi connectivity index (χ1) is 28.7. The van der Waals surface area contributed by atoms with Crippen LogP contribution in [0.25, 0.3) is 5.52 Å². The summed E-state index contributed by atoms with van der Waals surface area (Å²) >= 11 is 0. The molecule has 0 bridgehead atoms. The molecule has 18 heteroatoms. The lowest BCUT2D eigenvalue weighted by atomic mass is 9.96. The van der Waals surface area contributed by atoms with Gasteiger partial charge in [-0.1, -0.05) is 83.5 Å². The maximum absolute atomic E-state index is 14.2. The van der Waals surface area contributed by atoms with Crippen molar-refractivity contribution in [3.05, 3.63) is 59.3 Å². The lowest BCUT2D eigenvalue weighted by molar-refractivity contribution is -0.204. The molecule has 14 nitrogen and oxygen atoms in total. The van der Waals surface area contributed by atoms with Gasteiger partial charge in [-0.2, -0.15) is 15.6 Å². The Morgan fingerprint density at radius 2 is 1.55 bits per heavy atom. The molecule has 1 aromatic carbocycles. The molecule has 0 aliphatic carbocycles. The van der Waals surface area contributed by atoms with E-state index in [-0.39, 0.29) is 31.0 Å². The number of rotatable bonds is 27. The zero-order chi connectivity index (χ0) is 43.2. The Balaban J connectivity index is 1.10. The van der Waals surface area contributed by atoms with E-state index < -0.39 is 62.5 Å². The van der Waals surface area contributed by atoms with Crippen molar-refractivity contribution in [2.45, 2.75) is 165 Å². The van der Waals surface area contributed by atoms with Crippen LogP contribution in [0.4, 0.5) is 19.0 Å². The summed E-state index contributed by atoms with van der Waals surface area (Å²) in [5, 5.41) is 24.1. The molecule has 0 radical (unpaired) electrons. The van der Waals surface area contributed by atoms with E-state index in [1.54, 1.807) is 26.0 Å². The molecule has 2 fully saturated rings. The number of unbranched alkanes of at least 4 members (excludes halogenated alkanes) is 13. The van der Waals surface area contributed by atoms with Crippen LogP contribution >= 0.6 is 7.82 Å². The Labute approximate surface area is 350 Å². The number of hydrogen-bond acceptors (Lipinski definition) is 12. The van der Waals surface area contributed by atoms with Crippen LogP contribution in [0.5, 0.6) is 0 Å². The second kappa shape index (κ2) is 22.5. The number of aromatic nitrogens is 3. The molecule has 2 aromatic heterocycles. The molecule has 4 heterocycles. The number of nitrogens with zero attached hydrogens (tertiary/aromatic N) is 5. The van der Waals surface area contributed by atoms with Crippen LogP contribution in [0.15, 0.2) is 36.7 Å². The van der Waals surface area contributed by atoms with Crippen molar-refractivity contribution in [3.63, 3.8) is 0 Å². The smallest absolute Gasteiger partial charge is 0.382 e. The molecule has 2 aliphatic heterocycles. The first-order valence-electron chi connectivity index (χ1n) is 21.0. The van der Waals surface area contributed by atoms with Gasteiger partial charge in [-0.05, 0) is 62.6 Å². The Kier molecular flexibility index (Phi) is 17.7. The molecule has 0 spiro atoms. The second-order valence-corrected chi connectivity index (χ2v) is 17.6. The molecule has 6 atom stereocenters. The maximum Gasteiger partial charge on any atom is 0.472 e.